The molecule has 44 heavy (non-hydrogen) atoms. The second kappa shape index (κ2) is 13.4. The molecule has 2 heterocycles. The minimum absolute atomic E-state index is 0.00183. The summed E-state index contributed by atoms with van der Waals surface area (Å²) >= 11 is 0. The molecule has 3 aromatic carbocycles. The number of aromatic nitrogens is 4. The SMILES string of the molecule is COc1ccccc1C(=O)Nc1ccc(O)c(-c2cc(C3CC3)n(C(=O)NCc3ccccc3)n2)c1.NC(=O)n1cccn1. The van der Waals surface area contributed by atoms with Crippen LogP contribution in [0.5, 0.6) is 11.5 Å². The fourth-order valence-electron chi connectivity index (χ4n) is 4.46. The Morgan fingerprint density at radius 3 is 2.41 bits per heavy atom. The number of benzene rings is 3. The number of para-hydroxylation sites is 1. The summed E-state index contributed by atoms with van der Waals surface area (Å²) in [7, 11) is 1.51. The van der Waals surface area contributed by atoms with Crippen molar-refractivity contribution in [2.75, 3.05) is 12.4 Å². The zero-order valence-corrected chi connectivity index (χ0v) is 23.9. The number of nitrogens with two attached hydrogens (primary N) is 1. The number of amides is 3. The molecular formula is C32H31N7O5. The molecule has 1 saturated carbocycles. The summed E-state index contributed by atoms with van der Waals surface area (Å²) in [5.41, 5.74) is 8.36. The summed E-state index contributed by atoms with van der Waals surface area (Å²) in [5.74, 6) is 0.378. The first-order valence-corrected chi connectivity index (χ1v) is 13.8. The van der Waals surface area contributed by atoms with Gasteiger partial charge >= 0.3 is 12.1 Å². The lowest BCUT2D eigenvalue weighted by molar-refractivity contribution is 0.102. The Labute approximate surface area is 253 Å². The third-order valence-electron chi connectivity index (χ3n) is 6.82. The van der Waals surface area contributed by atoms with Crippen molar-refractivity contribution in [2.24, 2.45) is 5.73 Å². The second-order valence-electron chi connectivity index (χ2n) is 9.96. The molecule has 1 fully saturated rings. The first kappa shape index (κ1) is 29.6. The normalized spacial score (nSPS) is 12.0. The highest BCUT2D eigenvalue weighted by molar-refractivity contribution is 6.06. The number of anilines is 1. The molecule has 2 aromatic heterocycles. The largest absolute Gasteiger partial charge is 0.507 e. The Balaban J connectivity index is 0.000000418. The van der Waals surface area contributed by atoms with E-state index in [1.807, 2.05) is 36.4 Å². The van der Waals surface area contributed by atoms with Crippen LogP contribution in [-0.4, -0.2) is 49.7 Å². The van der Waals surface area contributed by atoms with Gasteiger partial charge in [0.05, 0.1) is 24.1 Å². The zero-order chi connectivity index (χ0) is 31.1. The van der Waals surface area contributed by atoms with Gasteiger partial charge in [0.2, 0.25) is 0 Å². The van der Waals surface area contributed by atoms with Crippen molar-refractivity contribution in [1.82, 2.24) is 24.9 Å². The van der Waals surface area contributed by atoms with E-state index in [2.05, 4.69) is 20.8 Å². The number of hydrogen-bond acceptors (Lipinski definition) is 7. The summed E-state index contributed by atoms with van der Waals surface area (Å²) in [4.78, 5) is 36.0. The summed E-state index contributed by atoms with van der Waals surface area (Å²) in [6.45, 7) is 0.384. The van der Waals surface area contributed by atoms with E-state index >= 15 is 0 Å². The number of nitrogens with one attached hydrogen (secondary N) is 2. The van der Waals surface area contributed by atoms with E-state index in [1.165, 1.54) is 30.3 Å². The van der Waals surface area contributed by atoms with Gasteiger partial charge in [0.25, 0.3) is 5.91 Å². The van der Waals surface area contributed by atoms with Gasteiger partial charge in [-0.05, 0) is 60.9 Å². The summed E-state index contributed by atoms with van der Waals surface area (Å²) < 4.78 is 7.72. The van der Waals surface area contributed by atoms with Gasteiger partial charge in [-0.2, -0.15) is 19.6 Å². The molecule has 5 aromatic rings. The van der Waals surface area contributed by atoms with Gasteiger partial charge in [-0.25, -0.2) is 9.59 Å². The molecule has 224 valence electrons. The zero-order valence-electron chi connectivity index (χ0n) is 23.9. The van der Waals surface area contributed by atoms with Gasteiger partial charge in [-0.1, -0.05) is 42.5 Å². The van der Waals surface area contributed by atoms with Crippen LogP contribution in [-0.2, 0) is 6.54 Å². The fraction of sp³-hybridized carbons (Fsp3) is 0.156. The highest BCUT2D eigenvalue weighted by Crippen LogP contribution is 2.42. The number of primary amides is 1. The maximum atomic E-state index is 13.0. The number of phenolic OH excluding ortho intramolecular Hbond substituents is 1. The predicted octanol–water partition coefficient (Wildman–Crippen LogP) is 4.96. The quantitative estimate of drug-likeness (QED) is 0.194. The number of phenols is 1. The number of ether oxygens (including phenoxy) is 1. The molecular weight excluding hydrogens is 562 g/mol. The van der Waals surface area contributed by atoms with Crippen LogP contribution in [0.3, 0.4) is 0 Å². The van der Waals surface area contributed by atoms with Crippen molar-refractivity contribution in [1.29, 1.82) is 0 Å². The predicted molar refractivity (Wildman–Crippen MR) is 164 cm³/mol. The van der Waals surface area contributed by atoms with E-state index < -0.39 is 6.03 Å². The third-order valence-corrected chi connectivity index (χ3v) is 6.82. The molecule has 3 amide bonds. The number of carbonyl (C=O) groups is 3. The van der Waals surface area contributed by atoms with Crippen LogP contribution >= 0.6 is 0 Å². The maximum absolute atomic E-state index is 13.0. The van der Waals surface area contributed by atoms with Gasteiger partial charge in [0.15, 0.2) is 0 Å². The Hall–Kier alpha value is -5.91. The topological polar surface area (TPSA) is 166 Å². The molecule has 0 aliphatic heterocycles. The van der Waals surface area contributed by atoms with Crippen molar-refractivity contribution < 1.29 is 24.2 Å². The second-order valence-corrected chi connectivity index (χ2v) is 9.96. The van der Waals surface area contributed by atoms with Crippen LogP contribution in [0.1, 0.15) is 40.4 Å². The van der Waals surface area contributed by atoms with Crippen LogP contribution in [0.2, 0.25) is 0 Å². The lowest BCUT2D eigenvalue weighted by Crippen LogP contribution is -2.30. The molecule has 12 heteroatoms. The summed E-state index contributed by atoms with van der Waals surface area (Å²) in [5, 5.41) is 24.4. The summed E-state index contributed by atoms with van der Waals surface area (Å²) in [6, 6.07) is 23.9. The molecule has 0 saturated heterocycles. The number of rotatable bonds is 7. The minimum atomic E-state index is -0.560. The number of hydrogen-bond donors (Lipinski definition) is 4. The molecule has 6 rings (SSSR count). The van der Waals surface area contributed by atoms with E-state index in [-0.39, 0.29) is 23.6 Å². The number of carbonyl (C=O) groups excluding carboxylic acids is 3. The van der Waals surface area contributed by atoms with Crippen LogP contribution < -0.4 is 21.1 Å². The first-order valence-electron chi connectivity index (χ1n) is 13.8. The number of methoxy groups -OCH3 is 1. The average molecular weight is 594 g/mol. The Morgan fingerprint density at radius 1 is 1.00 bits per heavy atom. The molecule has 0 radical (unpaired) electrons. The average Bonchev–Trinajstić information content (AvgIpc) is 3.54. The molecule has 0 bridgehead atoms. The van der Waals surface area contributed by atoms with Crippen molar-refractivity contribution in [2.45, 2.75) is 25.3 Å². The van der Waals surface area contributed by atoms with E-state index in [0.717, 1.165) is 28.8 Å². The fourth-order valence-corrected chi connectivity index (χ4v) is 4.46. The van der Waals surface area contributed by atoms with Gasteiger partial charge < -0.3 is 26.2 Å². The van der Waals surface area contributed by atoms with Gasteiger partial charge in [0, 0.05) is 36.1 Å². The molecule has 0 atom stereocenters. The van der Waals surface area contributed by atoms with E-state index in [1.54, 1.807) is 42.5 Å². The minimum Gasteiger partial charge on any atom is -0.507 e. The smallest absolute Gasteiger partial charge is 0.342 e. The Bertz CT molecular complexity index is 1760. The van der Waals surface area contributed by atoms with Gasteiger partial charge in [0.1, 0.15) is 11.5 Å². The molecule has 5 N–H and O–H groups in total. The molecule has 1 aliphatic rings. The maximum Gasteiger partial charge on any atom is 0.342 e. The Kier molecular flexibility index (Phi) is 8.99. The van der Waals surface area contributed by atoms with E-state index in [9.17, 15) is 19.5 Å². The number of nitrogens with zero attached hydrogens (tertiary/aromatic N) is 4. The third kappa shape index (κ3) is 7.10. The van der Waals surface area contributed by atoms with Crippen LogP contribution in [0.25, 0.3) is 11.3 Å². The highest BCUT2D eigenvalue weighted by atomic mass is 16.5. The molecule has 0 spiro atoms. The van der Waals surface area contributed by atoms with Crippen LogP contribution in [0.4, 0.5) is 15.3 Å². The van der Waals surface area contributed by atoms with Crippen molar-refractivity contribution in [3.8, 4) is 22.8 Å². The van der Waals surface area contributed by atoms with Crippen molar-refractivity contribution >= 4 is 23.7 Å². The van der Waals surface area contributed by atoms with E-state index in [0.29, 0.717) is 34.8 Å². The Morgan fingerprint density at radius 2 is 1.75 bits per heavy atom. The lowest BCUT2D eigenvalue weighted by Gasteiger charge is -2.10. The van der Waals surface area contributed by atoms with Crippen LogP contribution in [0.15, 0.2) is 97.3 Å². The highest BCUT2D eigenvalue weighted by Gasteiger charge is 2.31. The molecule has 1 aliphatic carbocycles. The summed E-state index contributed by atoms with van der Waals surface area (Å²) in [6.07, 6.45) is 4.95. The molecule has 0 unspecified atom stereocenters. The monoisotopic (exact) mass is 593 g/mol. The lowest BCUT2D eigenvalue weighted by atomic mass is 10.1. The van der Waals surface area contributed by atoms with Crippen molar-refractivity contribution in [3.63, 3.8) is 0 Å². The van der Waals surface area contributed by atoms with Crippen LogP contribution in [0, 0.1) is 0 Å². The first-order chi connectivity index (χ1) is 21.3. The molecule has 12 nitrogen and oxygen atoms in total. The van der Waals surface area contributed by atoms with Gasteiger partial charge in [-0.3, -0.25) is 4.79 Å². The van der Waals surface area contributed by atoms with Crippen molar-refractivity contribution in [3.05, 3.63) is 114 Å². The van der Waals surface area contributed by atoms with Gasteiger partial charge in [-0.15, -0.1) is 0 Å². The standard InChI is InChI=1S/C28H26N4O4.C4H5N3O/c1-36-26-10-6-5-9-21(26)27(34)30-20-13-14-25(33)22(15-20)23-16-24(19-11-12-19)32(31-23)28(35)29-17-18-7-3-2-4-8-18;5-4(8)7-3-1-2-6-7/h2-10,13-16,19,33H,11-12,17H2,1H3,(H,29,35)(H,30,34);1-3H,(H2,5,8). The number of aromatic hydroxyl groups is 1. The van der Waals surface area contributed by atoms with E-state index in [4.69, 9.17) is 10.5 Å².